The van der Waals surface area contributed by atoms with Gasteiger partial charge in [-0.15, -0.1) is 0 Å². The van der Waals surface area contributed by atoms with Crippen molar-refractivity contribution in [3.05, 3.63) is 35.4 Å². The largest absolute Gasteiger partial charge is 0.338 e. The standard InChI is InChI=1S/C14H19NO.C5H12/c1-11-5-7-13(8-6-11)14(16)15-9-3-4-12(2)10-15;1-3-5-4-2/h5-8,12H,3-4,9-10H2,1-2H3;3-5H2,1-2H3. The summed E-state index contributed by atoms with van der Waals surface area (Å²) in [6, 6.07) is 7.86. The van der Waals surface area contributed by atoms with Crippen LogP contribution in [-0.4, -0.2) is 23.9 Å². The lowest BCUT2D eigenvalue weighted by Gasteiger charge is -2.31. The van der Waals surface area contributed by atoms with Crippen LogP contribution >= 0.6 is 0 Å². The number of benzene rings is 1. The number of hydrogen-bond acceptors (Lipinski definition) is 1. The van der Waals surface area contributed by atoms with Crippen molar-refractivity contribution in [2.75, 3.05) is 13.1 Å². The SMILES string of the molecule is CCCCC.Cc1ccc(C(=O)N2CCCC(C)C2)cc1. The molecule has 1 heterocycles. The number of nitrogens with zero attached hydrogens (tertiary/aromatic N) is 1. The highest BCUT2D eigenvalue weighted by molar-refractivity contribution is 5.94. The van der Waals surface area contributed by atoms with Gasteiger partial charge in [0.15, 0.2) is 0 Å². The number of hydrogen-bond donors (Lipinski definition) is 0. The zero-order valence-corrected chi connectivity index (χ0v) is 14.2. The number of rotatable bonds is 3. The summed E-state index contributed by atoms with van der Waals surface area (Å²) in [5, 5.41) is 0. The van der Waals surface area contributed by atoms with Crippen molar-refractivity contribution in [3.8, 4) is 0 Å². The number of carbonyl (C=O) groups is 1. The van der Waals surface area contributed by atoms with E-state index in [1.165, 1.54) is 31.2 Å². The van der Waals surface area contributed by atoms with E-state index in [0.29, 0.717) is 5.92 Å². The average molecular weight is 289 g/mol. The molecule has 0 bridgehead atoms. The van der Waals surface area contributed by atoms with Gasteiger partial charge in [0, 0.05) is 18.7 Å². The molecule has 0 saturated carbocycles. The Morgan fingerprint density at radius 3 is 2.29 bits per heavy atom. The van der Waals surface area contributed by atoms with Gasteiger partial charge in [-0.05, 0) is 37.8 Å². The van der Waals surface area contributed by atoms with E-state index < -0.39 is 0 Å². The van der Waals surface area contributed by atoms with E-state index in [0.717, 1.165) is 25.1 Å². The summed E-state index contributed by atoms with van der Waals surface area (Å²) in [6.07, 6.45) is 6.46. The Kier molecular flexibility index (Phi) is 8.11. The zero-order valence-electron chi connectivity index (χ0n) is 14.2. The third-order valence-corrected chi connectivity index (χ3v) is 3.95. The van der Waals surface area contributed by atoms with Gasteiger partial charge in [-0.2, -0.15) is 0 Å². The second-order valence-electron chi connectivity index (χ2n) is 6.22. The van der Waals surface area contributed by atoms with Crippen LogP contribution in [0.3, 0.4) is 0 Å². The van der Waals surface area contributed by atoms with E-state index in [2.05, 4.69) is 20.8 Å². The van der Waals surface area contributed by atoms with Crippen LogP contribution in [0.5, 0.6) is 0 Å². The van der Waals surface area contributed by atoms with Gasteiger partial charge in [-0.25, -0.2) is 0 Å². The van der Waals surface area contributed by atoms with Crippen molar-refractivity contribution in [3.63, 3.8) is 0 Å². The lowest BCUT2D eigenvalue weighted by molar-refractivity contribution is 0.0683. The topological polar surface area (TPSA) is 20.3 Å². The molecule has 1 aromatic rings. The van der Waals surface area contributed by atoms with E-state index in [-0.39, 0.29) is 5.91 Å². The smallest absolute Gasteiger partial charge is 0.253 e. The van der Waals surface area contributed by atoms with Gasteiger partial charge in [0.1, 0.15) is 0 Å². The number of likely N-dealkylation sites (tertiary alicyclic amines) is 1. The zero-order chi connectivity index (χ0) is 15.7. The van der Waals surface area contributed by atoms with Crippen LogP contribution < -0.4 is 0 Å². The van der Waals surface area contributed by atoms with Crippen molar-refractivity contribution in [1.82, 2.24) is 4.90 Å². The highest BCUT2D eigenvalue weighted by Crippen LogP contribution is 2.18. The van der Waals surface area contributed by atoms with E-state index >= 15 is 0 Å². The van der Waals surface area contributed by atoms with E-state index in [1.54, 1.807) is 0 Å². The quantitative estimate of drug-likeness (QED) is 0.761. The molecule has 21 heavy (non-hydrogen) atoms. The van der Waals surface area contributed by atoms with Crippen LogP contribution in [0.15, 0.2) is 24.3 Å². The van der Waals surface area contributed by atoms with Crippen molar-refractivity contribution in [2.45, 2.75) is 59.8 Å². The molecule has 1 fully saturated rings. The fraction of sp³-hybridized carbons (Fsp3) is 0.632. The van der Waals surface area contributed by atoms with Crippen LogP contribution in [-0.2, 0) is 0 Å². The number of aryl methyl sites for hydroxylation is 1. The van der Waals surface area contributed by atoms with Gasteiger partial charge in [-0.3, -0.25) is 4.79 Å². The minimum absolute atomic E-state index is 0.187. The number of piperidine rings is 1. The minimum atomic E-state index is 0.187. The molecule has 0 radical (unpaired) electrons. The van der Waals surface area contributed by atoms with Crippen LogP contribution in [0.4, 0.5) is 0 Å². The fourth-order valence-electron chi connectivity index (χ4n) is 2.61. The Morgan fingerprint density at radius 1 is 1.19 bits per heavy atom. The van der Waals surface area contributed by atoms with E-state index in [4.69, 9.17) is 0 Å². The maximum absolute atomic E-state index is 12.2. The van der Waals surface area contributed by atoms with Crippen molar-refractivity contribution < 1.29 is 4.79 Å². The molecule has 2 rings (SSSR count). The third kappa shape index (κ3) is 6.33. The lowest BCUT2D eigenvalue weighted by Crippen LogP contribution is -2.39. The summed E-state index contributed by atoms with van der Waals surface area (Å²) >= 11 is 0. The molecule has 1 amide bonds. The molecule has 0 aliphatic carbocycles. The fourth-order valence-corrected chi connectivity index (χ4v) is 2.61. The van der Waals surface area contributed by atoms with Crippen LogP contribution in [0, 0.1) is 12.8 Å². The van der Waals surface area contributed by atoms with Gasteiger partial charge in [0.05, 0.1) is 0 Å². The lowest BCUT2D eigenvalue weighted by atomic mass is 9.99. The van der Waals surface area contributed by atoms with Crippen LogP contribution in [0.2, 0.25) is 0 Å². The molecule has 118 valence electrons. The van der Waals surface area contributed by atoms with Crippen molar-refractivity contribution in [2.24, 2.45) is 5.92 Å². The van der Waals surface area contributed by atoms with Crippen LogP contribution in [0.25, 0.3) is 0 Å². The predicted octanol–water partition coefficient (Wildman–Crippen LogP) is 5.06. The normalized spacial score (nSPS) is 17.9. The highest BCUT2D eigenvalue weighted by atomic mass is 16.2. The van der Waals surface area contributed by atoms with Crippen molar-refractivity contribution >= 4 is 5.91 Å². The van der Waals surface area contributed by atoms with Crippen molar-refractivity contribution in [1.29, 1.82) is 0 Å². The van der Waals surface area contributed by atoms with Crippen LogP contribution in [0.1, 0.15) is 68.8 Å². The average Bonchev–Trinajstić information content (AvgIpc) is 2.49. The molecule has 1 aromatic carbocycles. The summed E-state index contributed by atoms with van der Waals surface area (Å²) in [5.41, 5.74) is 2.02. The second-order valence-corrected chi connectivity index (χ2v) is 6.22. The Labute approximate surface area is 130 Å². The molecule has 1 saturated heterocycles. The summed E-state index contributed by atoms with van der Waals surface area (Å²) in [4.78, 5) is 14.2. The van der Waals surface area contributed by atoms with Gasteiger partial charge in [-0.1, -0.05) is 57.7 Å². The van der Waals surface area contributed by atoms with Gasteiger partial charge in [0.2, 0.25) is 0 Å². The number of unbranched alkanes of at least 4 members (excludes halogenated alkanes) is 2. The van der Waals surface area contributed by atoms with Gasteiger partial charge >= 0.3 is 0 Å². The summed E-state index contributed by atoms with van der Waals surface area (Å²) < 4.78 is 0. The number of carbonyl (C=O) groups excluding carboxylic acids is 1. The monoisotopic (exact) mass is 289 g/mol. The van der Waals surface area contributed by atoms with E-state index in [9.17, 15) is 4.79 Å². The van der Waals surface area contributed by atoms with Gasteiger partial charge in [0.25, 0.3) is 5.91 Å². The molecule has 2 nitrogen and oxygen atoms in total. The maximum Gasteiger partial charge on any atom is 0.253 e. The molecule has 1 atom stereocenters. The molecular formula is C19H31NO. The number of amides is 1. The molecule has 0 aromatic heterocycles. The molecular weight excluding hydrogens is 258 g/mol. The Balaban J connectivity index is 0.000000383. The second kappa shape index (κ2) is 9.59. The Morgan fingerprint density at radius 2 is 1.81 bits per heavy atom. The first-order chi connectivity index (χ1) is 10.1. The van der Waals surface area contributed by atoms with E-state index in [1.807, 2.05) is 36.1 Å². The molecule has 2 heteroatoms. The molecule has 1 aliphatic heterocycles. The molecule has 1 unspecified atom stereocenters. The summed E-state index contributed by atoms with van der Waals surface area (Å²) in [6.45, 7) is 10.5. The Hall–Kier alpha value is -1.31. The van der Waals surface area contributed by atoms with Gasteiger partial charge < -0.3 is 4.90 Å². The molecule has 0 spiro atoms. The Bertz CT molecular complexity index is 408. The first-order valence-electron chi connectivity index (χ1n) is 8.44. The predicted molar refractivity (Wildman–Crippen MR) is 90.7 cm³/mol. The molecule has 0 N–H and O–H groups in total. The first-order valence-corrected chi connectivity index (χ1v) is 8.44. The summed E-state index contributed by atoms with van der Waals surface area (Å²) in [7, 11) is 0. The first kappa shape index (κ1) is 17.7. The summed E-state index contributed by atoms with van der Waals surface area (Å²) in [5.74, 6) is 0.828. The molecule has 1 aliphatic rings. The minimum Gasteiger partial charge on any atom is -0.338 e. The highest BCUT2D eigenvalue weighted by Gasteiger charge is 2.21. The third-order valence-electron chi connectivity index (χ3n) is 3.95. The maximum atomic E-state index is 12.2.